The topological polar surface area (TPSA) is 66.5 Å². The average molecular weight is 296 g/mol. The van der Waals surface area contributed by atoms with E-state index in [-0.39, 0.29) is 16.8 Å². The maximum Gasteiger partial charge on any atom is 0.254 e. The van der Waals surface area contributed by atoms with Gasteiger partial charge in [0.15, 0.2) is 9.84 Å². The lowest BCUT2D eigenvalue weighted by Gasteiger charge is -2.24. The van der Waals surface area contributed by atoms with Crippen molar-refractivity contribution < 1.29 is 13.2 Å². The fraction of sp³-hybridized carbons (Fsp3) is 0.500. The number of nitrogens with zero attached hydrogens (tertiary/aromatic N) is 1. The highest BCUT2D eigenvalue weighted by Crippen LogP contribution is 2.19. The summed E-state index contributed by atoms with van der Waals surface area (Å²) in [4.78, 5) is 14.4. The van der Waals surface area contributed by atoms with Crippen molar-refractivity contribution in [3.05, 3.63) is 29.3 Å². The molecule has 1 aliphatic rings. The Balaban J connectivity index is 2.33. The summed E-state index contributed by atoms with van der Waals surface area (Å²) in [6.07, 6.45) is 2.07. The molecule has 0 bridgehead atoms. The van der Waals surface area contributed by atoms with E-state index >= 15 is 0 Å². The molecular formula is C14H20N2O3S. The van der Waals surface area contributed by atoms with Crippen molar-refractivity contribution in [3.63, 3.8) is 0 Å². The number of aryl methyl sites for hydroxylation is 1. The second-order valence-corrected chi connectivity index (χ2v) is 7.33. The Morgan fingerprint density at radius 2 is 2.10 bits per heavy atom. The maximum atomic E-state index is 12.5. The second kappa shape index (κ2) is 5.54. The van der Waals surface area contributed by atoms with Crippen molar-refractivity contribution in [2.75, 3.05) is 26.4 Å². The fourth-order valence-electron chi connectivity index (χ4n) is 2.39. The summed E-state index contributed by atoms with van der Waals surface area (Å²) < 4.78 is 23.2. The quantitative estimate of drug-likeness (QED) is 0.897. The number of sulfone groups is 1. The number of amides is 1. The lowest BCUT2D eigenvalue weighted by molar-refractivity contribution is 0.0743. The van der Waals surface area contributed by atoms with Gasteiger partial charge in [0.25, 0.3) is 5.91 Å². The summed E-state index contributed by atoms with van der Waals surface area (Å²) in [5.41, 5.74) is 1.25. The van der Waals surface area contributed by atoms with Crippen LogP contribution in [0.3, 0.4) is 0 Å². The van der Waals surface area contributed by atoms with Gasteiger partial charge in [-0.3, -0.25) is 4.79 Å². The van der Waals surface area contributed by atoms with Crippen molar-refractivity contribution in [3.8, 4) is 0 Å². The second-order valence-electron chi connectivity index (χ2n) is 5.31. The molecule has 0 saturated carbocycles. The highest BCUT2D eigenvalue weighted by Gasteiger charge is 2.25. The number of hydrogen-bond acceptors (Lipinski definition) is 4. The third-order valence-corrected chi connectivity index (χ3v) is 4.88. The molecule has 0 unspecified atom stereocenters. The zero-order valence-corrected chi connectivity index (χ0v) is 12.8. The van der Waals surface area contributed by atoms with Gasteiger partial charge in [-0.05, 0) is 37.6 Å². The van der Waals surface area contributed by atoms with Gasteiger partial charge < -0.3 is 10.2 Å². The summed E-state index contributed by atoms with van der Waals surface area (Å²) in [7, 11) is -1.53. The van der Waals surface area contributed by atoms with Crippen molar-refractivity contribution in [1.82, 2.24) is 10.2 Å². The number of carbonyl (C=O) groups excluding carboxylic acids is 1. The Labute approximate surface area is 119 Å². The Hall–Kier alpha value is -1.40. The van der Waals surface area contributed by atoms with Gasteiger partial charge in [-0.15, -0.1) is 0 Å². The number of likely N-dealkylation sites (N-methyl/N-ethyl adjacent to an activating group) is 1. The summed E-state index contributed by atoms with van der Waals surface area (Å²) in [6.45, 7) is 3.51. The highest BCUT2D eigenvalue weighted by atomic mass is 32.2. The smallest absolute Gasteiger partial charge is 0.254 e. The van der Waals surface area contributed by atoms with Crippen LogP contribution >= 0.6 is 0 Å². The van der Waals surface area contributed by atoms with Crippen LogP contribution in [0.15, 0.2) is 23.1 Å². The number of hydrogen-bond donors (Lipinski definition) is 1. The van der Waals surface area contributed by atoms with Crippen LogP contribution in [0.4, 0.5) is 0 Å². The van der Waals surface area contributed by atoms with Crippen LogP contribution in [0.2, 0.25) is 0 Å². The van der Waals surface area contributed by atoms with E-state index in [2.05, 4.69) is 5.32 Å². The van der Waals surface area contributed by atoms with Crippen LogP contribution in [0.5, 0.6) is 0 Å². The first kappa shape index (κ1) is 15.0. The standard InChI is InChI=1S/C14H20N2O3S/c1-10-4-5-12(20(3,18)19)8-13(10)14(17)16(2)11-6-7-15-9-11/h4-5,8,11,15H,6-7,9H2,1-3H3/t11-/m0/s1. The van der Waals surface area contributed by atoms with Gasteiger partial charge in [0.05, 0.1) is 4.90 Å². The Morgan fingerprint density at radius 3 is 2.65 bits per heavy atom. The van der Waals surface area contributed by atoms with Crippen LogP contribution in [-0.4, -0.2) is 51.7 Å². The van der Waals surface area contributed by atoms with Crippen molar-refractivity contribution in [2.24, 2.45) is 0 Å². The predicted octanol–water partition coefficient (Wildman–Crippen LogP) is 0.832. The summed E-state index contributed by atoms with van der Waals surface area (Å²) in [5.74, 6) is -0.123. The molecule has 1 aromatic rings. The summed E-state index contributed by atoms with van der Waals surface area (Å²) >= 11 is 0. The molecule has 1 saturated heterocycles. The van der Waals surface area contributed by atoms with E-state index in [0.717, 1.165) is 31.3 Å². The minimum absolute atomic E-state index is 0.123. The Bertz CT molecular complexity index is 619. The minimum Gasteiger partial charge on any atom is -0.337 e. The molecule has 1 amide bonds. The first-order valence-electron chi connectivity index (χ1n) is 6.59. The molecular weight excluding hydrogens is 276 g/mol. The summed E-state index contributed by atoms with van der Waals surface area (Å²) in [5, 5.41) is 3.22. The molecule has 0 spiro atoms. The zero-order valence-electron chi connectivity index (χ0n) is 12.0. The third-order valence-electron chi connectivity index (χ3n) is 3.77. The average Bonchev–Trinajstić information content (AvgIpc) is 2.90. The summed E-state index contributed by atoms with van der Waals surface area (Å²) in [6, 6.07) is 4.87. The van der Waals surface area contributed by atoms with Crippen molar-refractivity contribution in [2.45, 2.75) is 24.3 Å². The fourth-order valence-corrected chi connectivity index (χ4v) is 3.04. The molecule has 0 aromatic heterocycles. The molecule has 1 fully saturated rings. The van der Waals surface area contributed by atoms with E-state index in [1.54, 1.807) is 24.1 Å². The lowest BCUT2D eigenvalue weighted by atomic mass is 10.1. The van der Waals surface area contributed by atoms with Gasteiger partial charge in [-0.1, -0.05) is 6.07 Å². The van der Waals surface area contributed by atoms with Crippen molar-refractivity contribution in [1.29, 1.82) is 0 Å². The van der Waals surface area contributed by atoms with E-state index in [0.29, 0.717) is 5.56 Å². The first-order valence-corrected chi connectivity index (χ1v) is 8.48. The Kier molecular flexibility index (Phi) is 4.15. The molecule has 0 radical (unpaired) electrons. The minimum atomic E-state index is -3.30. The SMILES string of the molecule is Cc1ccc(S(C)(=O)=O)cc1C(=O)N(C)[C@H]1CCNC1. The maximum absolute atomic E-state index is 12.5. The van der Waals surface area contributed by atoms with Crippen LogP contribution in [0, 0.1) is 6.92 Å². The molecule has 0 aliphatic carbocycles. The van der Waals surface area contributed by atoms with Gasteiger partial charge in [0.2, 0.25) is 0 Å². The first-order chi connectivity index (χ1) is 9.30. The van der Waals surface area contributed by atoms with Crippen LogP contribution in [0.25, 0.3) is 0 Å². The normalized spacial score (nSPS) is 19.1. The lowest BCUT2D eigenvalue weighted by Crippen LogP contribution is -2.38. The molecule has 6 heteroatoms. The monoisotopic (exact) mass is 296 g/mol. The van der Waals surface area contributed by atoms with E-state index < -0.39 is 9.84 Å². The molecule has 1 aromatic carbocycles. The van der Waals surface area contributed by atoms with Crippen molar-refractivity contribution >= 4 is 15.7 Å². The molecule has 5 nitrogen and oxygen atoms in total. The van der Waals surface area contributed by atoms with Gasteiger partial charge in [0, 0.05) is 31.5 Å². The molecule has 1 heterocycles. The van der Waals surface area contributed by atoms with Crippen LogP contribution in [-0.2, 0) is 9.84 Å². The number of carbonyl (C=O) groups is 1. The Morgan fingerprint density at radius 1 is 1.40 bits per heavy atom. The molecule has 1 atom stereocenters. The largest absolute Gasteiger partial charge is 0.337 e. The number of nitrogens with one attached hydrogen (secondary N) is 1. The molecule has 1 aliphatic heterocycles. The predicted molar refractivity (Wildman–Crippen MR) is 77.7 cm³/mol. The van der Waals surface area contributed by atoms with Gasteiger partial charge in [-0.25, -0.2) is 8.42 Å². The number of benzene rings is 1. The van der Waals surface area contributed by atoms with Gasteiger partial charge >= 0.3 is 0 Å². The van der Waals surface area contributed by atoms with Gasteiger partial charge in [0.1, 0.15) is 0 Å². The van der Waals surface area contributed by atoms with Gasteiger partial charge in [-0.2, -0.15) is 0 Å². The molecule has 2 rings (SSSR count). The third kappa shape index (κ3) is 3.02. The van der Waals surface area contributed by atoms with E-state index in [4.69, 9.17) is 0 Å². The van der Waals surface area contributed by atoms with Crippen LogP contribution in [0.1, 0.15) is 22.3 Å². The van der Waals surface area contributed by atoms with E-state index in [1.165, 1.54) is 6.07 Å². The zero-order chi connectivity index (χ0) is 14.9. The molecule has 110 valence electrons. The van der Waals surface area contributed by atoms with E-state index in [9.17, 15) is 13.2 Å². The molecule has 20 heavy (non-hydrogen) atoms. The number of rotatable bonds is 3. The van der Waals surface area contributed by atoms with E-state index in [1.807, 2.05) is 6.92 Å². The highest BCUT2D eigenvalue weighted by molar-refractivity contribution is 7.90. The van der Waals surface area contributed by atoms with Crippen LogP contribution < -0.4 is 5.32 Å². The molecule has 1 N–H and O–H groups in total.